The Balaban J connectivity index is -0.000000894. The fraction of sp³-hybridized carbons (Fsp3) is 0.311. The summed E-state index contributed by atoms with van der Waals surface area (Å²) in [6.45, 7) is 19.5. The molecule has 2 radical (unpaired) electrons. The molecule has 0 spiro atoms. The van der Waals surface area contributed by atoms with Crippen LogP contribution in [0.2, 0.25) is 0 Å². The SMILES string of the molecule is O=C(O)CN(CC(=O)O)C(=O)Cn1ccnc1CN(CCc1ccc(NS(=O)[O-])cc1)Cc1nccn1CC(=O)N(CC(=O)O)CC(=O)O.O=C(O)CN(CC(=O)O)C(=O)Cn1ccnc1CN(Cc1ccc(NS(=O)[O-])cc1)Cc1nccn1CC(=O)N(CC(=O)O)CC(=O)O.[C-]#[O+].[C-]#[O+].[C-]#[O+].[C-]#[O+].[C-]#[O+].[C-]#[O+].[Re].[Re]. The second kappa shape index (κ2) is 59.4. The molecular weight excluding hydrogens is 1870 g/mol. The molecule has 2 unspecified atom stereocenters. The van der Waals surface area contributed by atoms with Gasteiger partial charge in [0.2, 0.25) is 23.6 Å². The number of benzene rings is 2. The minimum atomic E-state index is -2.54. The van der Waals surface area contributed by atoms with E-state index in [1.807, 2.05) is 4.90 Å². The zero-order chi connectivity index (χ0) is 83.5. The summed E-state index contributed by atoms with van der Waals surface area (Å²) in [4.78, 5) is 165. The summed E-state index contributed by atoms with van der Waals surface area (Å²) in [5.74, 6) is -12.9. The number of nitrogens with one attached hydrogen (secondary N) is 2. The second-order valence-electron chi connectivity index (χ2n) is 20.7. The van der Waals surface area contributed by atoms with Gasteiger partial charge >= 0.3 is 116 Å². The molecule has 111 heavy (non-hydrogen) atoms. The predicted octanol–water partition coefficient (Wildman–Crippen LogP) is -3.22. The molecule has 0 saturated heterocycles. The van der Waals surface area contributed by atoms with Crippen molar-refractivity contribution in [2.75, 3.05) is 68.3 Å². The van der Waals surface area contributed by atoms with E-state index < -0.39 is 172 Å². The van der Waals surface area contributed by atoms with Gasteiger partial charge in [0.05, 0.1) is 26.2 Å². The molecule has 6 rings (SSSR count). The van der Waals surface area contributed by atoms with Crippen molar-refractivity contribution in [1.82, 2.24) is 67.6 Å². The number of carboxylic acids is 8. The van der Waals surface area contributed by atoms with Crippen molar-refractivity contribution in [3.8, 4) is 0 Å². The number of anilines is 2. The number of aliphatic carboxylic acids is 8. The van der Waals surface area contributed by atoms with Crippen LogP contribution in [0, 0.1) is 39.9 Å². The Hall–Kier alpha value is -11.6. The van der Waals surface area contributed by atoms with Crippen LogP contribution in [0.4, 0.5) is 11.4 Å². The number of amides is 4. The third-order valence-electron chi connectivity index (χ3n) is 13.3. The molecule has 0 saturated carbocycles. The maximum atomic E-state index is 12.9. The van der Waals surface area contributed by atoms with Gasteiger partial charge in [0.15, 0.2) is 0 Å². The van der Waals surface area contributed by atoms with Gasteiger partial charge in [-0.15, -0.1) is 0 Å². The predicted molar refractivity (Wildman–Crippen MR) is 349 cm³/mol. The Kier molecular flexibility index (Phi) is 56.6. The van der Waals surface area contributed by atoms with Gasteiger partial charge in [-0.2, -0.15) is 0 Å². The Labute approximate surface area is 660 Å². The number of rotatable bonds is 41. The molecule has 2 aromatic carbocycles. The van der Waals surface area contributed by atoms with Crippen molar-refractivity contribution < 1.29 is 185 Å². The van der Waals surface area contributed by atoms with E-state index in [0.29, 0.717) is 72.8 Å². The summed E-state index contributed by atoms with van der Waals surface area (Å²) in [6, 6.07) is 12.9. The van der Waals surface area contributed by atoms with Crippen LogP contribution in [0.5, 0.6) is 0 Å². The van der Waals surface area contributed by atoms with Crippen LogP contribution in [-0.2, 0) is 214 Å². The number of hydrogen-bond acceptors (Lipinski definition) is 22. The van der Waals surface area contributed by atoms with Crippen molar-refractivity contribution >= 4 is 105 Å². The van der Waals surface area contributed by atoms with Crippen molar-refractivity contribution in [2.45, 2.75) is 65.3 Å². The van der Waals surface area contributed by atoms with Crippen LogP contribution < -0.4 is 9.44 Å². The molecule has 6 aromatic rings. The first kappa shape index (κ1) is 106. The number of hydrogen-bond donors (Lipinski definition) is 10. The summed E-state index contributed by atoms with van der Waals surface area (Å²) in [6.07, 6.45) is 11.9. The average Bonchev–Trinajstić information content (AvgIpc) is 1.74. The first-order chi connectivity index (χ1) is 51.9. The fourth-order valence-electron chi connectivity index (χ4n) is 9.10. The smallest absolute Gasteiger partial charge is 0 e. The van der Waals surface area contributed by atoms with Crippen molar-refractivity contribution in [2.24, 2.45) is 0 Å². The molecule has 0 bridgehead atoms. The van der Waals surface area contributed by atoms with Gasteiger partial charge in [-0.1, -0.05) is 24.3 Å². The zero-order valence-electron chi connectivity index (χ0n) is 57.1. The van der Waals surface area contributed by atoms with Gasteiger partial charge < -0.3 is 97.3 Å². The van der Waals surface area contributed by atoms with Crippen molar-refractivity contribution in [3.05, 3.63) is 172 Å². The van der Waals surface area contributed by atoms with E-state index in [1.54, 1.807) is 41.3 Å². The van der Waals surface area contributed by atoms with Gasteiger partial charge in [0.25, 0.3) is 0 Å². The van der Waals surface area contributed by atoms with Gasteiger partial charge in [-0.05, 0) is 41.8 Å². The number of carbonyl (C=O) groups excluding carboxylic acids is 4. The van der Waals surface area contributed by atoms with E-state index in [1.165, 1.54) is 80.0 Å². The molecule has 0 fully saturated rings. The van der Waals surface area contributed by atoms with Crippen LogP contribution >= 0.6 is 0 Å². The Morgan fingerprint density at radius 1 is 0.351 bits per heavy atom. The first-order valence-corrected chi connectivity index (χ1v) is 31.5. The zero-order valence-corrected chi connectivity index (χ0v) is 64.1. The number of carboxylic acid groups (broad SMARTS) is 8. The van der Waals surface area contributed by atoms with Crippen molar-refractivity contribution in [3.63, 3.8) is 0 Å². The van der Waals surface area contributed by atoms with Gasteiger partial charge in [0, 0.05) is 137 Å². The number of carbonyl (C=O) groups is 12. The third-order valence-corrected chi connectivity index (χ3v) is 14.1. The van der Waals surface area contributed by atoms with Gasteiger partial charge in [0.1, 0.15) is 102 Å². The van der Waals surface area contributed by atoms with E-state index >= 15 is 0 Å². The molecule has 46 nitrogen and oxygen atoms in total. The summed E-state index contributed by atoms with van der Waals surface area (Å²) in [5.41, 5.74) is 2.18. The maximum absolute atomic E-state index is 12.9. The molecule has 10 N–H and O–H groups in total. The van der Waals surface area contributed by atoms with Gasteiger partial charge in [-0.25, -0.2) is 19.9 Å². The number of aromatic nitrogens is 8. The standard InChI is InChI=1S/C28H34N8O12S.C27H32N8O12S.6CO.2Re/c37-23(35(15-25(39)40)16-26(41)42)13-33-9-6-29-21(33)11-32(8-5-19-1-3-20(4-2-19)31-49(47)48)12-22-30-7-10-34(22)14-24(38)36(17-27(43)44)18-28(45)46;36-22(34(14-24(38)39)15-25(40)41)12-32-7-5-28-20(32)10-31(9-18-1-3-19(4-2-18)30-48(46)47)11-21-29-6-8-33(21)13-23(37)35(16-26(42)43)17-27(44)45;6*1-2;;/h1-4,6-7,9-10,31H,5,8,11-18H2,(H,39,40)(H,41,42)(H,43,44)(H,45,46)(H,47,48);1-8,30H,9-17H2,(H,38,39)(H,40,41)(H,42,43)(H,44,45)(H,46,47);;;;;;;;/p-2. The summed E-state index contributed by atoms with van der Waals surface area (Å²) < 4.78 is 99.0. The van der Waals surface area contributed by atoms with Crippen LogP contribution in [0.3, 0.4) is 0 Å². The van der Waals surface area contributed by atoms with E-state index in [9.17, 15) is 75.1 Å². The van der Waals surface area contributed by atoms with Crippen LogP contribution in [0.25, 0.3) is 0 Å². The molecule has 50 heteroatoms. The molecule has 4 amide bonds. The summed E-state index contributed by atoms with van der Waals surface area (Å²) >= 11 is -5.04. The van der Waals surface area contributed by atoms with Crippen molar-refractivity contribution in [1.29, 1.82) is 0 Å². The molecule has 0 aliphatic carbocycles. The van der Waals surface area contributed by atoms with E-state index in [4.69, 9.17) is 68.8 Å². The molecule has 0 aliphatic rings. The topological polar surface area (TPSA) is 681 Å². The third kappa shape index (κ3) is 43.3. The normalized spacial score (nSPS) is 10.2. The second-order valence-corrected chi connectivity index (χ2v) is 22.1. The molecule has 4 heterocycles. The number of imidazole rings is 4. The number of nitrogens with zero attached hydrogens (tertiary/aromatic N) is 14. The van der Waals surface area contributed by atoms with E-state index in [-0.39, 0.29) is 73.6 Å². The Morgan fingerprint density at radius 2 is 0.559 bits per heavy atom. The van der Waals surface area contributed by atoms with Crippen LogP contribution in [-0.4, -0.2) is 256 Å². The summed E-state index contributed by atoms with van der Waals surface area (Å²) in [5, 5.41) is 73.0. The maximum Gasteiger partial charge on any atom is 0 e. The fourth-order valence-corrected chi connectivity index (χ4v) is 9.76. The molecule has 596 valence electrons. The van der Waals surface area contributed by atoms with Gasteiger partial charge in [-0.3, -0.25) is 75.8 Å². The summed E-state index contributed by atoms with van der Waals surface area (Å²) in [7, 11) is 0. The van der Waals surface area contributed by atoms with Crippen LogP contribution in [0.15, 0.2) is 98.1 Å². The largest absolute Gasteiger partial charge is 0 e. The Morgan fingerprint density at radius 3 is 0.766 bits per heavy atom. The van der Waals surface area contributed by atoms with E-state index in [0.717, 1.165) is 5.56 Å². The van der Waals surface area contributed by atoms with Crippen LogP contribution in [0.1, 0.15) is 34.4 Å². The monoisotopic (exact) mass is 1940 g/mol. The first-order valence-electron chi connectivity index (χ1n) is 29.3. The quantitative estimate of drug-likeness (QED) is 0.0103. The minimum absolute atomic E-state index is 0. The molecular formula is C61H64N16O30Re2S2-2. The minimum Gasteiger partial charge on any atom is 0 e. The average molecular weight is 1940 g/mol. The Bertz CT molecular complexity index is 3870. The molecule has 4 aromatic heterocycles. The molecule has 0 aliphatic heterocycles. The van der Waals surface area contributed by atoms with E-state index in [2.05, 4.69) is 69.3 Å². The molecule has 2 atom stereocenters.